The van der Waals surface area contributed by atoms with E-state index in [1.165, 1.54) is 6.92 Å². The fraction of sp³-hybridized carbons (Fsp3) is 0.732. The van der Waals surface area contributed by atoms with E-state index < -0.39 is 42.3 Å². The smallest absolute Gasteiger partial charge is 0.245 e. The lowest BCUT2D eigenvalue weighted by atomic mass is 9.89. The number of nitrogens with zero attached hydrogens (tertiary/aromatic N) is 3. The van der Waals surface area contributed by atoms with E-state index in [9.17, 15) is 24.0 Å². The van der Waals surface area contributed by atoms with Crippen molar-refractivity contribution < 1.29 is 33.4 Å². The highest BCUT2D eigenvalue weighted by Crippen LogP contribution is 2.30. The molecule has 2 N–H and O–H groups in total. The summed E-state index contributed by atoms with van der Waals surface area (Å²) in [7, 11) is 8.55. The van der Waals surface area contributed by atoms with E-state index in [0.717, 1.165) is 18.4 Å². The zero-order valence-electron chi connectivity index (χ0n) is 34.7. The van der Waals surface area contributed by atoms with Gasteiger partial charge in [-0.15, -0.1) is 0 Å². The Labute approximate surface area is 319 Å². The van der Waals surface area contributed by atoms with Crippen LogP contribution in [-0.4, -0.2) is 128 Å². The number of Topliss-reactive ketones (excluding diaryl/α,β-unsaturated/α-hetero) is 1. The van der Waals surface area contributed by atoms with E-state index in [1.54, 1.807) is 38.0 Å². The third kappa shape index (κ3) is 12.3. The Balaban J connectivity index is 2.27. The number of hydrogen-bond acceptors (Lipinski definition) is 8. The second kappa shape index (κ2) is 21.5. The molecule has 1 aliphatic heterocycles. The van der Waals surface area contributed by atoms with Gasteiger partial charge in [0.05, 0.1) is 48.7 Å². The van der Waals surface area contributed by atoms with Crippen molar-refractivity contribution in [1.29, 1.82) is 0 Å². The standard InChI is InChI=1S/C41H69N5O7/c1-14-27(6)37(45(11)41(51)35(25(2)3)43-40(50)36(26(4)5)44(9)10)33(52-12)24-34(48)46-22-18-21-32(46)38(53-13)28(7)39(49)42-31(29(8)47)23-30-19-16-15-17-20-30/h15-17,19-20,25-28,31-33,35-38H,14,18,21-24H2,1-13H3,(H,42,49)(H,43,50)/t27-,28+,31-,32-,33+,35-,36-,37-,38+/m0/s1. The number of likely N-dealkylation sites (tertiary alicyclic amines) is 1. The molecule has 0 aromatic heterocycles. The number of nitrogens with one attached hydrogen (secondary N) is 2. The fourth-order valence-corrected chi connectivity index (χ4v) is 7.86. The maximum absolute atomic E-state index is 14.2. The highest BCUT2D eigenvalue weighted by Gasteiger charge is 2.43. The predicted octanol–water partition coefficient (Wildman–Crippen LogP) is 3.95. The minimum absolute atomic E-state index is 0.0227. The van der Waals surface area contributed by atoms with E-state index in [4.69, 9.17) is 9.47 Å². The maximum atomic E-state index is 14.2. The Morgan fingerprint density at radius 2 is 1.51 bits per heavy atom. The summed E-state index contributed by atoms with van der Waals surface area (Å²) in [5, 5.41) is 5.97. The van der Waals surface area contributed by atoms with Gasteiger partial charge in [-0.2, -0.15) is 0 Å². The molecule has 1 heterocycles. The van der Waals surface area contributed by atoms with Gasteiger partial charge < -0.3 is 29.9 Å². The molecule has 1 aromatic carbocycles. The number of carbonyl (C=O) groups excluding carboxylic acids is 5. The molecule has 0 aliphatic carbocycles. The van der Waals surface area contributed by atoms with Gasteiger partial charge in [0.2, 0.25) is 23.6 Å². The Morgan fingerprint density at radius 1 is 0.887 bits per heavy atom. The van der Waals surface area contributed by atoms with Crippen molar-refractivity contribution in [2.24, 2.45) is 23.7 Å². The quantitative estimate of drug-likeness (QED) is 0.193. The Kier molecular flexibility index (Phi) is 18.6. The number of ketones is 1. The summed E-state index contributed by atoms with van der Waals surface area (Å²) in [6, 6.07) is 6.90. The maximum Gasteiger partial charge on any atom is 0.245 e. The van der Waals surface area contributed by atoms with E-state index in [0.29, 0.717) is 19.4 Å². The van der Waals surface area contributed by atoms with Crippen molar-refractivity contribution in [3.05, 3.63) is 35.9 Å². The number of rotatable bonds is 21. The molecular weight excluding hydrogens is 674 g/mol. The molecule has 9 atom stereocenters. The van der Waals surface area contributed by atoms with Gasteiger partial charge in [0.15, 0.2) is 5.78 Å². The number of likely N-dealkylation sites (N-methyl/N-ethyl adjacent to an activating group) is 2. The number of benzene rings is 1. The zero-order chi connectivity index (χ0) is 40.2. The molecule has 300 valence electrons. The molecule has 0 saturated carbocycles. The average Bonchev–Trinajstić information content (AvgIpc) is 3.59. The van der Waals surface area contributed by atoms with Crippen molar-refractivity contribution in [2.45, 2.75) is 130 Å². The zero-order valence-corrected chi connectivity index (χ0v) is 34.7. The van der Waals surface area contributed by atoms with Gasteiger partial charge in [-0.25, -0.2) is 0 Å². The summed E-state index contributed by atoms with van der Waals surface area (Å²) < 4.78 is 11.9. The largest absolute Gasteiger partial charge is 0.379 e. The first-order valence-corrected chi connectivity index (χ1v) is 19.3. The van der Waals surface area contributed by atoms with Gasteiger partial charge in [0.1, 0.15) is 6.04 Å². The molecule has 0 spiro atoms. The van der Waals surface area contributed by atoms with Gasteiger partial charge in [0.25, 0.3) is 0 Å². The summed E-state index contributed by atoms with van der Waals surface area (Å²) in [5.74, 6) is -1.82. The Morgan fingerprint density at radius 3 is 2.00 bits per heavy atom. The highest BCUT2D eigenvalue weighted by atomic mass is 16.5. The first kappa shape index (κ1) is 45.8. The molecule has 0 unspecified atom stereocenters. The molecule has 4 amide bonds. The van der Waals surface area contributed by atoms with Gasteiger partial charge in [-0.3, -0.25) is 28.9 Å². The van der Waals surface area contributed by atoms with Crippen LogP contribution in [0.5, 0.6) is 0 Å². The van der Waals surface area contributed by atoms with Crippen LogP contribution < -0.4 is 10.6 Å². The third-order valence-electron chi connectivity index (χ3n) is 11.0. The SMILES string of the molecule is CC[C@H](C)[C@@H]([C@@H](CC(=O)N1CCC[C@H]1[C@H](OC)[C@@H](C)C(=O)N[C@@H](Cc1ccccc1)C(C)=O)OC)N(C)C(=O)[C@@H](NC(=O)[C@H](C(C)C)N(C)C)C(C)C. The van der Waals surface area contributed by atoms with E-state index in [2.05, 4.69) is 10.6 Å². The first-order chi connectivity index (χ1) is 24.9. The van der Waals surface area contributed by atoms with Crippen molar-refractivity contribution in [3.8, 4) is 0 Å². The molecular formula is C41H69N5O7. The molecule has 1 fully saturated rings. The summed E-state index contributed by atoms with van der Waals surface area (Å²) in [6.07, 6.45) is 1.32. The second-order valence-electron chi connectivity index (χ2n) is 15.8. The predicted molar refractivity (Wildman–Crippen MR) is 208 cm³/mol. The molecule has 2 rings (SSSR count). The molecule has 53 heavy (non-hydrogen) atoms. The highest BCUT2D eigenvalue weighted by molar-refractivity contribution is 5.90. The van der Waals surface area contributed by atoms with Crippen LogP contribution in [0, 0.1) is 23.7 Å². The van der Waals surface area contributed by atoms with Crippen LogP contribution in [0.25, 0.3) is 0 Å². The van der Waals surface area contributed by atoms with Crippen LogP contribution in [0.2, 0.25) is 0 Å². The minimum Gasteiger partial charge on any atom is -0.379 e. The second-order valence-corrected chi connectivity index (χ2v) is 15.8. The summed E-state index contributed by atoms with van der Waals surface area (Å²) in [5.41, 5.74) is 0.945. The van der Waals surface area contributed by atoms with Crippen LogP contribution in [0.1, 0.15) is 86.6 Å². The molecule has 0 bridgehead atoms. The summed E-state index contributed by atoms with van der Waals surface area (Å²) in [4.78, 5) is 73.2. The van der Waals surface area contributed by atoms with Crippen LogP contribution in [0.15, 0.2) is 30.3 Å². The van der Waals surface area contributed by atoms with Crippen molar-refractivity contribution in [3.63, 3.8) is 0 Å². The number of methoxy groups -OCH3 is 2. The van der Waals surface area contributed by atoms with Crippen LogP contribution in [0.4, 0.5) is 0 Å². The Bertz CT molecular complexity index is 1330. The Hall–Kier alpha value is -3.35. The molecule has 12 heteroatoms. The molecule has 12 nitrogen and oxygen atoms in total. The van der Waals surface area contributed by atoms with Crippen molar-refractivity contribution in [1.82, 2.24) is 25.3 Å². The lowest BCUT2D eigenvalue weighted by Gasteiger charge is -2.41. The number of carbonyl (C=O) groups is 5. The monoisotopic (exact) mass is 744 g/mol. The number of ether oxygens (including phenoxy) is 2. The van der Waals surface area contributed by atoms with E-state index in [-0.39, 0.29) is 59.6 Å². The third-order valence-corrected chi connectivity index (χ3v) is 11.0. The van der Waals surface area contributed by atoms with Crippen molar-refractivity contribution in [2.75, 3.05) is 41.9 Å². The minimum atomic E-state index is -0.762. The molecule has 1 aliphatic rings. The molecule has 0 radical (unpaired) electrons. The normalized spacial score (nSPS) is 19.2. The van der Waals surface area contributed by atoms with Crippen LogP contribution >= 0.6 is 0 Å². The number of amides is 4. The van der Waals surface area contributed by atoms with Gasteiger partial charge in [-0.1, -0.05) is 85.2 Å². The van der Waals surface area contributed by atoms with Gasteiger partial charge in [0, 0.05) is 27.8 Å². The van der Waals surface area contributed by atoms with Crippen molar-refractivity contribution >= 4 is 29.4 Å². The van der Waals surface area contributed by atoms with Gasteiger partial charge in [-0.05, 0) is 63.6 Å². The van der Waals surface area contributed by atoms with E-state index >= 15 is 0 Å². The fourth-order valence-electron chi connectivity index (χ4n) is 7.86. The van der Waals surface area contributed by atoms with Crippen LogP contribution in [0.3, 0.4) is 0 Å². The molecule has 1 saturated heterocycles. The van der Waals surface area contributed by atoms with E-state index in [1.807, 2.05) is 90.9 Å². The topological polar surface area (TPSA) is 138 Å². The lowest BCUT2D eigenvalue weighted by molar-refractivity contribution is -0.148. The van der Waals surface area contributed by atoms with Gasteiger partial charge >= 0.3 is 0 Å². The van der Waals surface area contributed by atoms with Crippen LogP contribution in [-0.2, 0) is 39.9 Å². The lowest BCUT2D eigenvalue weighted by Crippen LogP contribution is -2.59. The first-order valence-electron chi connectivity index (χ1n) is 19.3. The average molecular weight is 744 g/mol. The summed E-state index contributed by atoms with van der Waals surface area (Å²) >= 11 is 0. The molecule has 1 aromatic rings. The number of hydrogen-bond donors (Lipinski definition) is 2. The summed E-state index contributed by atoms with van der Waals surface area (Å²) in [6.45, 7) is 15.6.